The molecule has 0 spiro atoms. The van der Waals surface area contributed by atoms with Crippen LogP contribution in [0.5, 0.6) is 0 Å². The van der Waals surface area contributed by atoms with Gasteiger partial charge in [0.25, 0.3) is 0 Å². The van der Waals surface area contributed by atoms with Gasteiger partial charge in [-0.2, -0.15) is 12.9 Å². The Kier molecular flexibility index (Phi) is 11.2. The van der Waals surface area contributed by atoms with Crippen molar-refractivity contribution < 1.29 is 25.3 Å². The van der Waals surface area contributed by atoms with E-state index in [1.807, 2.05) is 20.8 Å². The summed E-state index contributed by atoms with van der Waals surface area (Å²) in [4.78, 5) is 5.06. The number of aromatic nitrogens is 1. The zero-order chi connectivity index (χ0) is 34.7. The first-order chi connectivity index (χ1) is 22.7. The monoisotopic (exact) mass is 774 g/mol. The highest BCUT2D eigenvalue weighted by molar-refractivity contribution is 9.10. The average molecular weight is 776 g/mol. The fourth-order valence-corrected chi connectivity index (χ4v) is 10.4. The zero-order valence-corrected chi connectivity index (χ0v) is 31.1. The molecule has 0 N–H and O–H groups in total. The zero-order valence-electron chi connectivity index (χ0n) is 27.1. The lowest BCUT2D eigenvalue weighted by Crippen LogP contribution is -2.39. The standard InChI is InChI=1S/C34H39BrN4O6S3/c1-26-6-12-32(13-7-26)46(40,41)37-18-4-20-38(47(42,43)33-14-8-27(2)9-15-33)24-30-22-29(35)23-31(36-30)25-39(21-5-19-37)48(44,45)34-16-10-28(3)11-17-34/h6-17,22-23H,4-5,18-21,24-25H2,1-3H3. The lowest BCUT2D eigenvalue weighted by Gasteiger charge is -2.28. The lowest BCUT2D eigenvalue weighted by atomic mass is 10.2. The molecule has 0 unspecified atom stereocenters. The Labute approximate surface area is 292 Å². The van der Waals surface area contributed by atoms with E-state index in [2.05, 4.69) is 15.9 Å². The van der Waals surface area contributed by atoms with E-state index >= 15 is 0 Å². The Bertz CT molecular complexity index is 1960. The molecule has 10 nitrogen and oxygen atoms in total. The largest absolute Gasteiger partial charge is 0.255 e. The molecule has 256 valence electrons. The van der Waals surface area contributed by atoms with Crippen LogP contribution in [-0.4, -0.2) is 69.3 Å². The van der Waals surface area contributed by atoms with Crippen molar-refractivity contribution in [3.8, 4) is 0 Å². The van der Waals surface area contributed by atoms with Crippen LogP contribution in [0.4, 0.5) is 0 Å². The Morgan fingerprint density at radius 1 is 0.500 bits per heavy atom. The third-order valence-electron chi connectivity index (χ3n) is 8.18. The average Bonchev–Trinajstić information content (AvgIpc) is 3.03. The number of hydrogen-bond donors (Lipinski definition) is 0. The quantitative estimate of drug-likeness (QED) is 0.249. The Hall–Kier alpha value is -2.98. The summed E-state index contributed by atoms with van der Waals surface area (Å²) in [5.74, 6) is 0. The molecule has 0 atom stereocenters. The summed E-state index contributed by atoms with van der Waals surface area (Å²) in [7, 11) is -12.0. The van der Waals surface area contributed by atoms with Gasteiger partial charge in [-0.1, -0.05) is 69.0 Å². The molecule has 0 amide bonds. The number of fused-ring (bicyclic) bond motifs is 2. The van der Waals surface area contributed by atoms with Crippen molar-refractivity contribution in [3.63, 3.8) is 0 Å². The number of hydrogen-bond acceptors (Lipinski definition) is 7. The van der Waals surface area contributed by atoms with Crippen LogP contribution >= 0.6 is 15.9 Å². The van der Waals surface area contributed by atoms with E-state index in [9.17, 15) is 25.3 Å². The van der Waals surface area contributed by atoms with Crippen LogP contribution in [-0.2, 0) is 43.2 Å². The Morgan fingerprint density at radius 3 is 1.12 bits per heavy atom. The summed E-state index contributed by atoms with van der Waals surface area (Å²) in [6.45, 7) is 5.54. The van der Waals surface area contributed by atoms with Crippen molar-refractivity contribution in [2.24, 2.45) is 0 Å². The van der Waals surface area contributed by atoms with E-state index in [4.69, 9.17) is 4.98 Å². The molecule has 0 fully saturated rings. The molecule has 14 heteroatoms. The van der Waals surface area contributed by atoms with Crippen LogP contribution in [0.25, 0.3) is 0 Å². The molecule has 5 rings (SSSR count). The number of halogens is 1. The number of rotatable bonds is 6. The molecular formula is C34H39BrN4O6S3. The second kappa shape index (κ2) is 14.9. The van der Waals surface area contributed by atoms with Crippen molar-refractivity contribution in [3.05, 3.63) is 117 Å². The summed E-state index contributed by atoms with van der Waals surface area (Å²) < 4.78 is 88.3. The summed E-state index contributed by atoms with van der Waals surface area (Å²) in [6.07, 6.45) is 0.394. The first-order valence-corrected chi connectivity index (χ1v) is 20.6. The van der Waals surface area contributed by atoms with E-state index in [1.165, 1.54) is 12.9 Å². The summed E-state index contributed by atoms with van der Waals surface area (Å²) in [6, 6.07) is 23.1. The van der Waals surface area contributed by atoms with E-state index < -0.39 is 30.1 Å². The highest BCUT2D eigenvalue weighted by atomic mass is 79.9. The van der Waals surface area contributed by atoms with Crippen molar-refractivity contribution in [1.29, 1.82) is 0 Å². The van der Waals surface area contributed by atoms with Crippen molar-refractivity contribution in [2.45, 2.75) is 61.4 Å². The number of benzene rings is 3. The minimum Gasteiger partial charge on any atom is -0.255 e. The molecular weight excluding hydrogens is 737 g/mol. The first-order valence-electron chi connectivity index (χ1n) is 15.5. The highest BCUT2D eigenvalue weighted by Gasteiger charge is 2.30. The van der Waals surface area contributed by atoms with Crippen molar-refractivity contribution in [2.75, 3.05) is 26.2 Å². The topological polar surface area (TPSA) is 125 Å². The molecule has 3 aromatic carbocycles. The minimum atomic E-state index is -4.01. The summed E-state index contributed by atoms with van der Waals surface area (Å²) >= 11 is 3.51. The maximum Gasteiger partial charge on any atom is 0.243 e. The molecule has 1 aromatic heterocycles. The van der Waals surface area contributed by atoms with Crippen LogP contribution in [0.1, 0.15) is 40.9 Å². The van der Waals surface area contributed by atoms with Gasteiger partial charge in [-0.25, -0.2) is 25.3 Å². The lowest BCUT2D eigenvalue weighted by molar-refractivity contribution is 0.328. The molecule has 1 aliphatic heterocycles. The minimum absolute atomic E-state index is 0.0258. The van der Waals surface area contributed by atoms with Crippen LogP contribution in [0.15, 0.2) is 104 Å². The van der Waals surface area contributed by atoms with Gasteiger partial charge in [0, 0.05) is 30.7 Å². The fraction of sp³-hybridized carbons (Fsp3) is 0.324. The second-order valence-corrected chi connectivity index (χ2v) is 18.7. The van der Waals surface area contributed by atoms with E-state index in [0.717, 1.165) is 16.7 Å². The molecule has 4 aromatic rings. The van der Waals surface area contributed by atoms with Gasteiger partial charge in [-0.05, 0) is 82.1 Å². The molecule has 0 saturated carbocycles. The summed E-state index contributed by atoms with van der Waals surface area (Å²) in [5.41, 5.74) is 3.57. The SMILES string of the molecule is Cc1ccc(S(=O)(=O)N2CCCN(S(=O)(=O)c3ccc(C)cc3)Cc3cc(Br)cc(n3)CN(S(=O)(=O)c3ccc(C)cc3)CCC2)cc1. The Morgan fingerprint density at radius 2 is 0.792 bits per heavy atom. The number of pyridine rings is 1. The second-order valence-electron chi connectivity index (χ2n) is 12.0. The van der Waals surface area contributed by atoms with Gasteiger partial charge in [0.05, 0.1) is 39.2 Å². The first kappa shape index (κ1) is 36.3. The maximum atomic E-state index is 14.0. The third kappa shape index (κ3) is 8.41. The van der Waals surface area contributed by atoms with Gasteiger partial charge in [-0.15, -0.1) is 0 Å². The summed E-state index contributed by atoms with van der Waals surface area (Å²) in [5, 5.41) is 0. The van der Waals surface area contributed by atoms with E-state index in [-0.39, 0.29) is 66.8 Å². The van der Waals surface area contributed by atoms with E-state index in [0.29, 0.717) is 15.9 Å². The highest BCUT2D eigenvalue weighted by Crippen LogP contribution is 2.25. The molecule has 2 bridgehead atoms. The van der Waals surface area contributed by atoms with Gasteiger partial charge in [0.2, 0.25) is 30.1 Å². The van der Waals surface area contributed by atoms with Gasteiger partial charge in [-0.3, -0.25) is 4.98 Å². The van der Waals surface area contributed by atoms with Gasteiger partial charge in [0.15, 0.2) is 0 Å². The molecule has 2 heterocycles. The van der Waals surface area contributed by atoms with Crippen LogP contribution in [0, 0.1) is 20.8 Å². The predicted octanol–water partition coefficient (Wildman–Crippen LogP) is 5.64. The van der Waals surface area contributed by atoms with Crippen LogP contribution < -0.4 is 0 Å². The molecule has 0 radical (unpaired) electrons. The van der Waals surface area contributed by atoms with Gasteiger partial charge >= 0.3 is 0 Å². The molecule has 1 aliphatic rings. The molecule has 48 heavy (non-hydrogen) atoms. The smallest absolute Gasteiger partial charge is 0.243 e. The maximum absolute atomic E-state index is 14.0. The third-order valence-corrected chi connectivity index (χ3v) is 14.3. The number of sulfonamides is 3. The molecule has 0 aliphatic carbocycles. The predicted molar refractivity (Wildman–Crippen MR) is 189 cm³/mol. The van der Waals surface area contributed by atoms with Crippen LogP contribution in [0.2, 0.25) is 0 Å². The van der Waals surface area contributed by atoms with Crippen molar-refractivity contribution >= 4 is 46.0 Å². The number of aryl methyl sites for hydroxylation is 3. The van der Waals surface area contributed by atoms with Crippen molar-refractivity contribution in [1.82, 2.24) is 17.9 Å². The normalized spacial score (nSPS) is 16.8. The van der Waals surface area contributed by atoms with Gasteiger partial charge < -0.3 is 0 Å². The van der Waals surface area contributed by atoms with E-state index in [1.54, 1.807) is 84.9 Å². The number of nitrogens with zero attached hydrogens (tertiary/aromatic N) is 4. The molecule has 0 saturated heterocycles. The fourth-order valence-electron chi connectivity index (χ4n) is 5.48. The van der Waals surface area contributed by atoms with Crippen LogP contribution in [0.3, 0.4) is 0 Å². The van der Waals surface area contributed by atoms with Gasteiger partial charge in [0.1, 0.15) is 0 Å². The Balaban J connectivity index is 1.57.